The topological polar surface area (TPSA) is 106 Å². The number of carbonyl (C=O) groups is 2. The third-order valence-corrected chi connectivity index (χ3v) is 1.76. The molecule has 8 nitrogen and oxygen atoms in total. The molecule has 0 bridgehead atoms. The number of nitrogens with one attached hydrogen (secondary N) is 1. The van der Waals surface area contributed by atoms with Gasteiger partial charge in [-0.25, -0.2) is 14.3 Å². The minimum atomic E-state index is -1.18. The van der Waals surface area contributed by atoms with E-state index in [0.29, 0.717) is 0 Å². The molecule has 0 unspecified atom stereocenters. The number of hydrogen-bond acceptors (Lipinski definition) is 5. The van der Waals surface area contributed by atoms with Crippen molar-refractivity contribution < 1.29 is 19.4 Å². The van der Waals surface area contributed by atoms with Crippen LogP contribution in [0.2, 0.25) is 0 Å². The molecule has 0 saturated heterocycles. The highest BCUT2D eigenvalue weighted by Gasteiger charge is 2.21. The monoisotopic (exact) mass is 240 g/mol. The number of nitrogens with zero attached hydrogens (tertiary/aromatic N) is 3. The van der Waals surface area contributed by atoms with Gasteiger partial charge in [-0.05, 0) is 0 Å². The SMILES string of the molecule is C=CCOC(=O)N[C@H](Cn1ccnn1)C(=O)O. The largest absolute Gasteiger partial charge is 0.480 e. The lowest BCUT2D eigenvalue weighted by Crippen LogP contribution is -2.44. The number of carboxylic acid groups (broad SMARTS) is 1. The van der Waals surface area contributed by atoms with E-state index < -0.39 is 18.1 Å². The van der Waals surface area contributed by atoms with E-state index in [0.717, 1.165) is 0 Å². The highest BCUT2D eigenvalue weighted by atomic mass is 16.5. The van der Waals surface area contributed by atoms with E-state index >= 15 is 0 Å². The van der Waals surface area contributed by atoms with Gasteiger partial charge < -0.3 is 15.2 Å². The van der Waals surface area contributed by atoms with Gasteiger partial charge in [-0.15, -0.1) is 5.10 Å². The van der Waals surface area contributed by atoms with Crippen molar-refractivity contribution in [3.8, 4) is 0 Å². The molecule has 0 aliphatic rings. The first-order valence-corrected chi connectivity index (χ1v) is 4.74. The Kier molecular flexibility index (Phi) is 4.67. The quantitative estimate of drug-likeness (QED) is 0.658. The van der Waals surface area contributed by atoms with E-state index in [4.69, 9.17) is 5.11 Å². The van der Waals surface area contributed by atoms with Gasteiger partial charge in [-0.2, -0.15) is 0 Å². The van der Waals surface area contributed by atoms with E-state index in [1.165, 1.54) is 23.2 Å². The summed E-state index contributed by atoms with van der Waals surface area (Å²) in [5, 5.41) is 18.2. The Morgan fingerprint density at radius 1 is 1.65 bits per heavy atom. The van der Waals surface area contributed by atoms with E-state index in [1.54, 1.807) is 0 Å². The van der Waals surface area contributed by atoms with Gasteiger partial charge in [-0.3, -0.25) is 0 Å². The van der Waals surface area contributed by atoms with Gasteiger partial charge >= 0.3 is 12.1 Å². The molecule has 92 valence electrons. The number of alkyl carbamates (subject to hydrolysis) is 1. The average molecular weight is 240 g/mol. The highest BCUT2D eigenvalue weighted by molar-refractivity contribution is 5.79. The lowest BCUT2D eigenvalue weighted by molar-refractivity contribution is -0.139. The number of carboxylic acids is 1. The Morgan fingerprint density at radius 2 is 2.41 bits per heavy atom. The highest BCUT2D eigenvalue weighted by Crippen LogP contribution is 1.92. The molecule has 0 fully saturated rings. The third kappa shape index (κ3) is 4.33. The molecule has 0 saturated carbocycles. The summed E-state index contributed by atoms with van der Waals surface area (Å²) in [4.78, 5) is 22.0. The van der Waals surface area contributed by atoms with Crippen molar-refractivity contribution in [2.24, 2.45) is 0 Å². The van der Waals surface area contributed by atoms with E-state index in [2.05, 4.69) is 26.9 Å². The molecule has 1 amide bonds. The Balaban J connectivity index is 2.51. The molecule has 0 aliphatic carbocycles. The molecule has 0 spiro atoms. The zero-order valence-corrected chi connectivity index (χ0v) is 8.94. The number of hydrogen-bond donors (Lipinski definition) is 2. The predicted molar refractivity (Wildman–Crippen MR) is 56.1 cm³/mol. The second-order valence-corrected chi connectivity index (χ2v) is 3.05. The molecular weight excluding hydrogens is 228 g/mol. The number of aromatic nitrogens is 3. The average Bonchev–Trinajstić information content (AvgIpc) is 2.78. The van der Waals surface area contributed by atoms with Crippen LogP contribution in [0.5, 0.6) is 0 Å². The van der Waals surface area contributed by atoms with E-state index in [9.17, 15) is 9.59 Å². The van der Waals surface area contributed by atoms with Crippen molar-refractivity contribution in [2.75, 3.05) is 6.61 Å². The molecule has 1 heterocycles. The van der Waals surface area contributed by atoms with Gasteiger partial charge in [0.05, 0.1) is 12.7 Å². The van der Waals surface area contributed by atoms with Gasteiger partial charge in [0.15, 0.2) is 0 Å². The first-order valence-electron chi connectivity index (χ1n) is 4.74. The van der Waals surface area contributed by atoms with E-state index in [1.807, 2.05) is 0 Å². The molecule has 8 heteroatoms. The van der Waals surface area contributed by atoms with Gasteiger partial charge in [-0.1, -0.05) is 17.9 Å². The first-order chi connectivity index (χ1) is 8.13. The van der Waals surface area contributed by atoms with Gasteiger partial charge in [0.1, 0.15) is 12.6 Å². The van der Waals surface area contributed by atoms with Crippen LogP contribution >= 0.6 is 0 Å². The number of carbonyl (C=O) groups excluding carboxylic acids is 1. The standard InChI is InChI=1S/C9H12N4O4/c1-2-5-17-9(16)11-7(8(14)15)6-13-4-3-10-12-13/h2-4,7H,1,5-6H2,(H,11,16)(H,14,15)/t7-/m1/s1. The van der Waals surface area contributed by atoms with Crippen molar-refractivity contribution in [2.45, 2.75) is 12.6 Å². The van der Waals surface area contributed by atoms with Gasteiger partial charge in [0.2, 0.25) is 0 Å². The summed E-state index contributed by atoms with van der Waals surface area (Å²) in [5.74, 6) is -1.18. The molecular formula is C9H12N4O4. The summed E-state index contributed by atoms with van der Waals surface area (Å²) in [5.41, 5.74) is 0. The smallest absolute Gasteiger partial charge is 0.408 e. The third-order valence-electron chi connectivity index (χ3n) is 1.76. The van der Waals surface area contributed by atoms with Crippen LogP contribution in [0, 0.1) is 0 Å². The maximum Gasteiger partial charge on any atom is 0.408 e. The number of rotatable bonds is 6. The number of aliphatic carboxylic acids is 1. The summed E-state index contributed by atoms with van der Waals surface area (Å²) in [6.45, 7) is 3.35. The van der Waals surface area contributed by atoms with Crippen LogP contribution < -0.4 is 5.32 Å². The van der Waals surface area contributed by atoms with Crippen LogP contribution in [-0.2, 0) is 16.1 Å². The summed E-state index contributed by atoms with van der Waals surface area (Å²) < 4.78 is 5.91. The van der Waals surface area contributed by atoms with E-state index in [-0.39, 0.29) is 13.2 Å². The first kappa shape index (κ1) is 12.7. The van der Waals surface area contributed by atoms with Crippen LogP contribution in [0.1, 0.15) is 0 Å². The normalized spacial score (nSPS) is 11.5. The van der Waals surface area contributed by atoms with Gasteiger partial charge in [0, 0.05) is 6.20 Å². The molecule has 1 aromatic rings. The van der Waals surface area contributed by atoms with Crippen LogP contribution in [-0.4, -0.2) is 44.8 Å². The summed E-state index contributed by atoms with van der Waals surface area (Å²) >= 11 is 0. The van der Waals surface area contributed by atoms with Crippen LogP contribution in [0.15, 0.2) is 25.0 Å². The Labute approximate surface area is 96.9 Å². The molecule has 1 atom stereocenters. The molecule has 0 radical (unpaired) electrons. The van der Waals surface area contributed by atoms with Gasteiger partial charge in [0.25, 0.3) is 0 Å². The minimum absolute atomic E-state index is 0.0154. The van der Waals surface area contributed by atoms with Crippen LogP contribution in [0.4, 0.5) is 4.79 Å². The fourth-order valence-electron chi connectivity index (χ4n) is 1.02. The predicted octanol–water partition coefficient (Wildman–Crippen LogP) is -0.357. The number of amides is 1. The fourth-order valence-corrected chi connectivity index (χ4v) is 1.02. The molecule has 17 heavy (non-hydrogen) atoms. The number of ether oxygens (including phenoxy) is 1. The molecule has 2 N–H and O–H groups in total. The van der Waals surface area contributed by atoms with Crippen molar-refractivity contribution in [1.29, 1.82) is 0 Å². The lowest BCUT2D eigenvalue weighted by Gasteiger charge is -2.13. The summed E-state index contributed by atoms with van der Waals surface area (Å²) in [7, 11) is 0. The Bertz CT molecular complexity index is 390. The van der Waals surface area contributed by atoms with Crippen molar-refractivity contribution in [3.05, 3.63) is 25.0 Å². The second-order valence-electron chi connectivity index (χ2n) is 3.05. The Hall–Kier alpha value is -2.38. The molecule has 1 aromatic heterocycles. The van der Waals surface area contributed by atoms with Crippen LogP contribution in [0.25, 0.3) is 0 Å². The fraction of sp³-hybridized carbons (Fsp3) is 0.333. The summed E-state index contributed by atoms with van der Waals surface area (Å²) in [6.07, 6.45) is 3.46. The maximum atomic E-state index is 11.2. The summed E-state index contributed by atoms with van der Waals surface area (Å²) in [6, 6.07) is -1.13. The van der Waals surface area contributed by atoms with Crippen molar-refractivity contribution >= 4 is 12.1 Å². The van der Waals surface area contributed by atoms with Crippen molar-refractivity contribution in [3.63, 3.8) is 0 Å². The second kappa shape index (κ2) is 6.26. The molecule has 0 aromatic carbocycles. The molecule has 1 rings (SSSR count). The minimum Gasteiger partial charge on any atom is -0.480 e. The lowest BCUT2D eigenvalue weighted by atomic mass is 10.3. The van der Waals surface area contributed by atoms with Crippen molar-refractivity contribution in [1.82, 2.24) is 20.3 Å². The maximum absolute atomic E-state index is 11.2. The molecule has 0 aliphatic heterocycles. The Morgan fingerprint density at radius 3 is 2.94 bits per heavy atom. The zero-order valence-electron chi connectivity index (χ0n) is 8.94. The van der Waals surface area contributed by atoms with Crippen LogP contribution in [0.3, 0.4) is 0 Å². The zero-order chi connectivity index (χ0) is 12.7.